The number of fused-ring (bicyclic) bond motifs is 2. The minimum atomic E-state index is -0.433. The second-order valence-corrected chi connectivity index (χ2v) is 9.43. The van der Waals surface area contributed by atoms with Crippen LogP contribution >= 0.6 is 0 Å². The van der Waals surface area contributed by atoms with Gasteiger partial charge in [-0.1, -0.05) is 12.1 Å². The van der Waals surface area contributed by atoms with Gasteiger partial charge >= 0.3 is 0 Å². The second-order valence-electron chi connectivity index (χ2n) is 9.43. The lowest BCUT2D eigenvalue weighted by molar-refractivity contribution is -0.385. The van der Waals surface area contributed by atoms with Crippen LogP contribution in [0.4, 0.5) is 11.4 Å². The Labute approximate surface area is 248 Å². The molecule has 0 fully saturated rings. The number of rotatable bonds is 6. The number of carbonyl (C=O) groups is 2. The molecule has 6 rings (SSSR count). The van der Waals surface area contributed by atoms with Crippen molar-refractivity contribution in [1.29, 1.82) is 0 Å². The van der Waals surface area contributed by atoms with Gasteiger partial charge in [0.15, 0.2) is 11.4 Å². The third kappa shape index (κ3) is 5.80. The molecule has 0 saturated carbocycles. The Hall–Kier alpha value is -6.44. The maximum absolute atomic E-state index is 11.7. The third-order valence-corrected chi connectivity index (χ3v) is 6.83. The first kappa shape index (κ1) is 29.1. The highest BCUT2D eigenvalue weighted by atomic mass is 16.6. The molecule has 44 heavy (non-hydrogen) atoms. The minimum absolute atomic E-state index is 0.0493. The number of aromatic nitrogens is 4. The van der Waals surface area contributed by atoms with E-state index in [1.54, 1.807) is 50.5 Å². The summed E-state index contributed by atoms with van der Waals surface area (Å²) in [5, 5.41) is 41.5. The Kier molecular flexibility index (Phi) is 8.06. The van der Waals surface area contributed by atoms with E-state index in [1.165, 1.54) is 24.3 Å². The number of hydrogen-bond donors (Lipinski definition) is 4. The minimum Gasteiger partial charge on any atom is -0.354 e. The van der Waals surface area contributed by atoms with Crippen molar-refractivity contribution >= 4 is 45.0 Å². The van der Waals surface area contributed by atoms with Gasteiger partial charge in [-0.05, 0) is 70.8 Å². The fourth-order valence-corrected chi connectivity index (χ4v) is 4.53. The number of amides is 2. The first-order chi connectivity index (χ1) is 21.2. The molecule has 0 aliphatic carbocycles. The maximum atomic E-state index is 11.7. The average Bonchev–Trinajstić information content (AvgIpc) is 3.68. The lowest BCUT2D eigenvalue weighted by Crippen LogP contribution is -2.18. The van der Waals surface area contributed by atoms with Crippen molar-refractivity contribution in [3.05, 3.63) is 117 Å². The van der Waals surface area contributed by atoms with Crippen molar-refractivity contribution in [2.24, 2.45) is 0 Å². The van der Waals surface area contributed by atoms with E-state index in [0.29, 0.717) is 11.4 Å². The van der Waals surface area contributed by atoms with E-state index >= 15 is 0 Å². The van der Waals surface area contributed by atoms with Gasteiger partial charge in [0.25, 0.3) is 23.2 Å². The monoisotopic (exact) mass is 592 g/mol. The highest BCUT2D eigenvalue weighted by molar-refractivity contribution is 6.06. The van der Waals surface area contributed by atoms with Gasteiger partial charge in [-0.25, -0.2) is 0 Å². The topological polar surface area (TPSA) is 202 Å². The molecule has 0 spiro atoms. The van der Waals surface area contributed by atoms with Crippen molar-refractivity contribution in [2.75, 3.05) is 14.1 Å². The van der Waals surface area contributed by atoms with Crippen LogP contribution in [0.2, 0.25) is 0 Å². The number of benzene rings is 4. The standard InChI is InChI=1S/2C15H12N4O3/c2*1-16-15(20)14-12-7-4-10(8-13(12)17-18-14)9-2-5-11(6-3-9)19(21)22/h2*2-8H,1H3,(H,16,20)(H,17,18). The predicted octanol–water partition coefficient (Wildman–Crippen LogP) is 5.00. The summed E-state index contributed by atoms with van der Waals surface area (Å²) in [5.74, 6) is -0.510. The van der Waals surface area contributed by atoms with E-state index in [1.807, 2.05) is 24.3 Å². The highest BCUT2D eigenvalue weighted by Gasteiger charge is 2.15. The molecule has 4 N–H and O–H groups in total. The Bertz CT molecular complexity index is 1880. The van der Waals surface area contributed by atoms with Gasteiger partial charge in [0.1, 0.15) is 0 Å². The molecule has 2 heterocycles. The summed E-state index contributed by atoms with van der Waals surface area (Å²) in [4.78, 5) is 43.9. The fourth-order valence-electron chi connectivity index (χ4n) is 4.53. The molecule has 0 radical (unpaired) electrons. The molecule has 0 atom stereocenters. The first-order valence-electron chi connectivity index (χ1n) is 13.1. The van der Waals surface area contributed by atoms with Crippen LogP contribution in [0.3, 0.4) is 0 Å². The third-order valence-electron chi connectivity index (χ3n) is 6.83. The van der Waals surface area contributed by atoms with E-state index in [0.717, 1.165) is 44.1 Å². The number of nitro groups is 2. The zero-order valence-electron chi connectivity index (χ0n) is 23.3. The Morgan fingerprint density at radius 3 is 1.25 bits per heavy atom. The molecule has 0 aliphatic rings. The molecular formula is C30H24N8O6. The first-order valence-corrected chi connectivity index (χ1v) is 13.1. The van der Waals surface area contributed by atoms with Gasteiger partial charge in [0.2, 0.25) is 0 Å². The van der Waals surface area contributed by atoms with Gasteiger partial charge in [-0.2, -0.15) is 10.2 Å². The summed E-state index contributed by atoms with van der Waals surface area (Å²) >= 11 is 0. The van der Waals surface area contributed by atoms with Crippen LogP contribution in [-0.4, -0.2) is 56.2 Å². The number of aromatic amines is 2. The van der Waals surface area contributed by atoms with Crippen molar-refractivity contribution in [1.82, 2.24) is 31.0 Å². The van der Waals surface area contributed by atoms with Crippen LogP contribution in [0.25, 0.3) is 44.1 Å². The van der Waals surface area contributed by atoms with Crippen LogP contribution in [0, 0.1) is 20.2 Å². The normalized spacial score (nSPS) is 10.6. The lowest BCUT2D eigenvalue weighted by atomic mass is 10.0. The molecule has 6 aromatic rings. The predicted molar refractivity (Wildman–Crippen MR) is 163 cm³/mol. The van der Waals surface area contributed by atoms with Gasteiger partial charge in [0, 0.05) is 49.1 Å². The van der Waals surface area contributed by atoms with Crippen LogP contribution in [-0.2, 0) is 0 Å². The molecule has 0 unspecified atom stereocenters. The summed E-state index contributed by atoms with van der Waals surface area (Å²) in [7, 11) is 3.10. The number of carbonyl (C=O) groups excluding carboxylic acids is 2. The van der Waals surface area contributed by atoms with Gasteiger partial charge in [-0.3, -0.25) is 40.0 Å². The molecule has 14 heteroatoms. The summed E-state index contributed by atoms with van der Waals surface area (Å²) in [6.07, 6.45) is 0. The quantitative estimate of drug-likeness (QED) is 0.153. The van der Waals surface area contributed by atoms with E-state index < -0.39 is 9.85 Å². The van der Waals surface area contributed by atoms with Crippen molar-refractivity contribution in [3.63, 3.8) is 0 Å². The van der Waals surface area contributed by atoms with Gasteiger partial charge in [-0.15, -0.1) is 0 Å². The Balaban J connectivity index is 0.000000175. The molecule has 220 valence electrons. The largest absolute Gasteiger partial charge is 0.354 e. The summed E-state index contributed by atoms with van der Waals surface area (Å²) in [5.41, 5.74) is 5.71. The van der Waals surface area contributed by atoms with Crippen LogP contribution in [0.5, 0.6) is 0 Å². The zero-order chi connectivity index (χ0) is 31.4. The van der Waals surface area contributed by atoms with Crippen LogP contribution in [0.15, 0.2) is 84.9 Å². The Morgan fingerprint density at radius 1 is 0.591 bits per heavy atom. The van der Waals surface area contributed by atoms with Crippen molar-refractivity contribution in [2.45, 2.75) is 0 Å². The highest BCUT2D eigenvalue weighted by Crippen LogP contribution is 2.28. The zero-order valence-corrected chi connectivity index (χ0v) is 23.3. The number of H-pyrrole nitrogens is 2. The molecule has 0 aliphatic heterocycles. The summed E-state index contributed by atoms with van der Waals surface area (Å²) < 4.78 is 0. The molecule has 0 bridgehead atoms. The molecule has 2 amide bonds. The van der Waals surface area contributed by atoms with Crippen molar-refractivity contribution in [3.8, 4) is 22.3 Å². The molecule has 0 saturated heterocycles. The fraction of sp³-hybridized carbons (Fsp3) is 0.0667. The van der Waals surface area contributed by atoms with E-state index in [2.05, 4.69) is 31.0 Å². The molecule has 14 nitrogen and oxygen atoms in total. The van der Waals surface area contributed by atoms with E-state index in [4.69, 9.17) is 0 Å². The maximum Gasteiger partial charge on any atom is 0.272 e. The van der Waals surface area contributed by atoms with Crippen LogP contribution < -0.4 is 10.6 Å². The lowest BCUT2D eigenvalue weighted by Gasteiger charge is -2.02. The number of hydrogen-bond acceptors (Lipinski definition) is 8. The SMILES string of the molecule is CNC(=O)c1n[nH]c2cc(-c3ccc([N+](=O)[O-])cc3)ccc12.CNC(=O)c1n[nH]c2cc(-c3ccc([N+](=O)[O-])cc3)ccc12. The van der Waals surface area contributed by atoms with Crippen molar-refractivity contribution < 1.29 is 19.4 Å². The summed E-state index contributed by atoms with van der Waals surface area (Å²) in [6.45, 7) is 0. The van der Waals surface area contributed by atoms with Gasteiger partial charge < -0.3 is 10.6 Å². The van der Waals surface area contributed by atoms with E-state index in [9.17, 15) is 29.8 Å². The average molecular weight is 593 g/mol. The molecule has 4 aromatic carbocycles. The Morgan fingerprint density at radius 2 is 0.932 bits per heavy atom. The van der Waals surface area contributed by atoms with Gasteiger partial charge in [0.05, 0.1) is 20.9 Å². The number of nitro benzene ring substituents is 2. The van der Waals surface area contributed by atoms with E-state index in [-0.39, 0.29) is 23.2 Å². The number of nitrogens with zero attached hydrogens (tertiary/aromatic N) is 4. The second kappa shape index (κ2) is 12.2. The smallest absolute Gasteiger partial charge is 0.272 e. The number of nitrogens with one attached hydrogen (secondary N) is 4. The van der Waals surface area contributed by atoms with Crippen LogP contribution in [0.1, 0.15) is 21.0 Å². The molecule has 2 aromatic heterocycles. The number of non-ortho nitro benzene ring substituents is 2. The summed E-state index contributed by atoms with van der Waals surface area (Å²) in [6, 6.07) is 23.6. The molecular weight excluding hydrogens is 568 g/mol.